The number of hydrogen-bond acceptors (Lipinski definition) is 12. The molecule has 0 saturated heterocycles. The van der Waals surface area contributed by atoms with E-state index in [0.29, 0.717) is 12.8 Å². The van der Waals surface area contributed by atoms with E-state index in [1.807, 2.05) is 6.92 Å². The molecule has 0 aliphatic rings. The average molecular weight is 442 g/mol. The van der Waals surface area contributed by atoms with Gasteiger partial charge in [-0.1, -0.05) is 19.8 Å². The molecule has 0 fully saturated rings. The maximum absolute atomic E-state index is 12.0. The van der Waals surface area contributed by atoms with Crippen LogP contribution in [0.2, 0.25) is 0 Å². The van der Waals surface area contributed by atoms with Gasteiger partial charge in [0.25, 0.3) is 0 Å². The van der Waals surface area contributed by atoms with Gasteiger partial charge >= 0.3 is 32.1 Å². The molecule has 12 nitrogen and oxygen atoms in total. The Morgan fingerprint density at radius 2 is 1.28 bits per heavy atom. The lowest BCUT2D eigenvalue weighted by Gasteiger charge is -2.44. The normalized spacial score (nSPS) is 12.9. The monoisotopic (exact) mass is 442 g/mol. The molecule has 29 heavy (non-hydrogen) atoms. The summed E-state index contributed by atoms with van der Waals surface area (Å²) in [6.45, 7) is -1.33. The second-order valence-corrected chi connectivity index (χ2v) is 8.77. The largest absolute Gasteiger partial charge is 0.594 e. The lowest BCUT2D eigenvalue weighted by molar-refractivity contribution is -0.257. The van der Waals surface area contributed by atoms with E-state index in [0.717, 1.165) is 27.8 Å². The fourth-order valence-electron chi connectivity index (χ4n) is 2.66. The number of unbranched alkanes of at least 4 members (excludes halogenated alkanes) is 2. The van der Waals surface area contributed by atoms with E-state index < -0.39 is 58.0 Å². The van der Waals surface area contributed by atoms with Crippen molar-refractivity contribution in [1.82, 2.24) is 0 Å². The van der Waals surface area contributed by atoms with Gasteiger partial charge in [-0.05, 0) is 12.8 Å². The zero-order valence-electron chi connectivity index (χ0n) is 17.0. The van der Waals surface area contributed by atoms with E-state index in [-0.39, 0.29) is 6.42 Å². The summed E-state index contributed by atoms with van der Waals surface area (Å²) >= 11 is 0. The Labute approximate surface area is 170 Å². The highest BCUT2D eigenvalue weighted by molar-refractivity contribution is 6.64. The van der Waals surface area contributed by atoms with E-state index >= 15 is 0 Å². The molecule has 1 atom stereocenters. The molecule has 0 bridgehead atoms. The molecule has 3 N–H and O–H groups in total. The van der Waals surface area contributed by atoms with Crippen LogP contribution in [0.4, 0.5) is 0 Å². The second-order valence-electron chi connectivity index (χ2n) is 5.73. The highest BCUT2D eigenvalue weighted by atomic mass is 28.4. The van der Waals surface area contributed by atoms with Crippen LogP contribution in [-0.2, 0) is 41.9 Å². The number of aliphatic hydroxyl groups excluding tert-OH is 3. The van der Waals surface area contributed by atoms with Crippen molar-refractivity contribution >= 4 is 26.7 Å². The predicted molar refractivity (Wildman–Crippen MR) is 97.0 cm³/mol. The fourth-order valence-corrected chi connectivity index (χ4v) is 5.09. The molecule has 0 aromatic rings. The maximum atomic E-state index is 12.0. The van der Waals surface area contributed by atoms with Crippen molar-refractivity contribution in [2.24, 2.45) is 0 Å². The molecule has 0 aromatic carbocycles. The summed E-state index contributed by atoms with van der Waals surface area (Å²) in [7, 11) is -0.937. The summed E-state index contributed by atoms with van der Waals surface area (Å²) in [6.07, 6.45) is 0.332. The third-order valence-corrected chi connectivity index (χ3v) is 6.91. The standard InChI is InChI=1S/C16H30O12Si/c1-5-6-7-8-12(26-13(20)9-17)16(27-14(21)10-18,28-15(22)11-19)29(23-2,24-3)25-4/h12,17-19H,5-11H2,1-4H3. The molecule has 0 saturated carbocycles. The number of hydrogen-bond donors (Lipinski definition) is 3. The van der Waals surface area contributed by atoms with Crippen molar-refractivity contribution in [2.45, 2.75) is 44.1 Å². The number of ether oxygens (including phenoxy) is 3. The molecule has 170 valence electrons. The first-order valence-electron chi connectivity index (χ1n) is 8.87. The lowest BCUT2D eigenvalue weighted by Crippen LogP contribution is -2.73. The summed E-state index contributed by atoms with van der Waals surface area (Å²) in [4.78, 5) is 35.9. The van der Waals surface area contributed by atoms with Crippen LogP contribution in [0, 0.1) is 0 Å². The molecule has 0 radical (unpaired) electrons. The Bertz CT molecular complexity index is 496. The SMILES string of the molecule is CCCCCC(OC(=O)CO)C(OC(=O)CO)(OC(=O)CO)[Si](OC)(OC)OC. The quantitative estimate of drug-likeness (QED) is 0.118. The lowest BCUT2D eigenvalue weighted by atomic mass is 10.1. The summed E-state index contributed by atoms with van der Waals surface area (Å²) in [5, 5.41) is 27.5. The molecule has 0 rings (SSSR count). The van der Waals surface area contributed by atoms with Crippen LogP contribution in [0.1, 0.15) is 32.6 Å². The van der Waals surface area contributed by atoms with E-state index in [1.54, 1.807) is 0 Å². The van der Waals surface area contributed by atoms with Gasteiger partial charge in [0.2, 0.25) is 0 Å². The molecule has 0 amide bonds. The van der Waals surface area contributed by atoms with Crippen LogP contribution < -0.4 is 0 Å². The predicted octanol–water partition coefficient (Wildman–Crippen LogP) is -1.34. The van der Waals surface area contributed by atoms with Crippen molar-refractivity contribution in [3.05, 3.63) is 0 Å². The summed E-state index contributed by atoms with van der Waals surface area (Å²) in [5.41, 5.74) is -2.59. The van der Waals surface area contributed by atoms with Crippen LogP contribution in [0.3, 0.4) is 0 Å². The molecule has 1 unspecified atom stereocenters. The molecular weight excluding hydrogens is 412 g/mol. The molecule has 0 aliphatic heterocycles. The Morgan fingerprint density at radius 1 is 0.828 bits per heavy atom. The first kappa shape index (κ1) is 27.4. The number of aliphatic hydroxyl groups is 3. The first-order valence-corrected chi connectivity index (χ1v) is 10.6. The molecule has 13 heteroatoms. The third kappa shape index (κ3) is 6.99. The van der Waals surface area contributed by atoms with Gasteiger partial charge in [-0.25, -0.2) is 14.4 Å². The van der Waals surface area contributed by atoms with Gasteiger partial charge in [0, 0.05) is 21.3 Å². The van der Waals surface area contributed by atoms with Gasteiger partial charge in [-0.2, -0.15) is 0 Å². The Balaban J connectivity index is 6.64. The molecular formula is C16H30O12Si. The maximum Gasteiger partial charge on any atom is 0.594 e. The van der Waals surface area contributed by atoms with E-state index in [9.17, 15) is 24.6 Å². The second kappa shape index (κ2) is 13.6. The summed E-state index contributed by atoms with van der Waals surface area (Å²) < 4.78 is 31.6. The van der Waals surface area contributed by atoms with Crippen molar-refractivity contribution in [3.8, 4) is 0 Å². The van der Waals surface area contributed by atoms with Gasteiger partial charge in [-0.15, -0.1) is 0 Å². The van der Waals surface area contributed by atoms with Crippen molar-refractivity contribution in [3.63, 3.8) is 0 Å². The average Bonchev–Trinajstić information content (AvgIpc) is 2.73. The van der Waals surface area contributed by atoms with Crippen LogP contribution >= 0.6 is 0 Å². The fraction of sp³-hybridized carbons (Fsp3) is 0.812. The minimum atomic E-state index is -4.33. The van der Waals surface area contributed by atoms with Gasteiger partial charge in [-0.3, -0.25) is 0 Å². The van der Waals surface area contributed by atoms with Gasteiger partial charge in [0.15, 0.2) is 6.10 Å². The molecule has 0 spiro atoms. The van der Waals surface area contributed by atoms with Gasteiger partial charge < -0.3 is 42.8 Å². The smallest absolute Gasteiger partial charge is 0.452 e. The minimum absolute atomic E-state index is 0.0121. The number of esters is 3. The molecule has 0 aliphatic carbocycles. The summed E-state index contributed by atoms with van der Waals surface area (Å²) in [5.74, 6) is -3.64. The van der Waals surface area contributed by atoms with Crippen LogP contribution in [0.25, 0.3) is 0 Å². The number of carbonyl (C=O) groups excluding carboxylic acids is 3. The highest BCUT2D eigenvalue weighted by Crippen LogP contribution is 2.36. The Hall–Kier alpha value is -1.61. The van der Waals surface area contributed by atoms with Crippen molar-refractivity contribution in [1.29, 1.82) is 0 Å². The Kier molecular flexibility index (Phi) is 12.8. The summed E-state index contributed by atoms with van der Waals surface area (Å²) in [6, 6.07) is 0. The molecule has 0 aromatic heterocycles. The van der Waals surface area contributed by atoms with Crippen LogP contribution in [-0.4, -0.2) is 94.7 Å². The van der Waals surface area contributed by atoms with Gasteiger partial charge in [0.1, 0.15) is 19.8 Å². The van der Waals surface area contributed by atoms with E-state index in [2.05, 4.69) is 0 Å². The topological polar surface area (TPSA) is 167 Å². The zero-order chi connectivity index (χ0) is 22.5. The zero-order valence-corrected chi connectivity index (χ0v) is 18.0. The molecule has 0 heterocycles. The van der Waals surface area contributed by atoms with Crippen LogP contribution in [0.5, 0.6) is 0 Å². The van der Waals surface area contributed by atoms with Crippen LogP contribution in [0.15, 0.2) is 0 Å². The Morgan fingerprint density at radius 3 is 1.62 bits per heavy atom. The third-order valence-electron chi connectivity index (χ3n) is 3.92. The van der Waals surface area contributed by atoms with Crippen molar-refractivity contribution < 1.29 is 57.2 Å². The first-order chi connectivity index (χ1) is 13.8. The van der Waals surface area contributed by atoms with E-state index in [1.165, 1.54) is 0 Å². The highest BCUT2D eigenvalue weighted by Gasteiger charge is 2.72. The number of carbonyl (C=O) groups is 3. The van der Waals surface area contributed by atoms with Gasteiger partial charge in [0.05, 0.1) is 0 Å². The van der Waals surface area contributed by atoms with E-state index in [4.69, 9.17) is 32.6 Å². The minimum Gasteiger partial charge on any atom is -0.452 e. The number of rotatable bonds is 15. The van der Waals surface area contributed by atoms with Crippen molar-refractivity contribution in [2.75, 3.05) is 41.2 Å².